The Morgan fingerprint density at radius 3 is 2.86 bits per heavy atom. The Bertz CT molecular complexity index is 556. The summed E-state index contributed by atoms with van der Waals surface area (Å²) < 4.78 is 5.02. The molecule has 5 heteroatoms. The van der Waals surface area contributed by atoms with Gasteiger partial charge in [0.1, 0.15) is 0 Å². The minimum atomic E-state index is 0.724. The van der Waals surface area contributed by atoms with Crippen molar-refractivity contribution in [1.82, 2.24) is 10.3 Å². The third kappa shape index (κ3) is 4.27. The van der Waals surface area contributed by atoms with E-state index < -0.39 is 0 Å². The molecule has 1 N–H and O–H groups in total. The van der Waals surface area contributed by atoms with Gasteiger partial charge in [-0.3, -0.25) is 0 Å². The number of aryl methyl sites for hydroxylation is 1. The number of anilines is 2. The first-order valence-electron chi connectivity index (χ1n) is 7.23. The predicted molar refractivity (Wildman–Crippen MR) is 89.6 cm³/mol. The summed E-state index contributed by atoms with van der Waals surface area (Å²) in [5.41, 5.74) is 3.58. The molecular weight excluding hydrogens is 282 g/mol. The molecule has 21 heavy (non-hydrogen) atoms. The maximum atomic E-state index is 5.02. The second-order valence-electron chi connectivity index (χ2n) is 4.82. The zero-order valence-electron chi connectivity index (χ0n) is 12.9. The minimum Gasteiger partial charge on any atom is -0.383 e. The number of hydrogen-bond donors (Lipinski definition) is 1. The van der Waals surface area contributed by atoms with Gasteiger partial charge in [-0.2, -0.15) is 0 Å². The van der Waals surface area contributed by atoms with Crippen molar-refractivity contribution in [3.05, 3.63) is 40.9 Å². The van der Waals surface area contributed by atoms with Crippen LogP contribution in [0.2, 0.25) is 0 Å². The summed E-state index contributed by atoms with van der Waals surface area (Å²) in [6.45, 7) is 7.56. The van der Waals surface area contributed by atoms with Gasteiger partial charge in [0, 0.05) is 37.8 Å². The Hall–Kier alpha value is -1.43. The van der Waals surface area contributed by atoms with E-state index in [0.29, 0.717) is 0 Å². The van der Waals surface area contributed by atoms with E-state index in [9.17, 15) is 0 Å². The Morgan fingerprint density at radius 2 is 2.14 bits per heavy atom. The number of benzene rings is 1. The highest BCUT2D eigenvalue weighted by molar-refractivity contribution is 7.13. The molecular formula is C16H23N3OS. The van der Waals surface area contributed by atoms with Gasteiger partial charge in [0.25, 0.3) is 0 Å². The number of ether oxygens (including phenoxy) is 1. The SMILES string of the molecule is CCN(c1nc(CNCCOC)cs1)c1ccccc1C. The molecule has 2 aromatic rings. The van der Waals surface area contributed by atoms with Crippen LogP contribution in [0.5, 0.6) is 0 Å². The van der Waals surface area contributed by atoms with Crippen LogP contribution in [0.15, 0.2) is 29.6 Å². The molecule has 1 aromatic carbocycles. The number of nitrogens with zero attached hydrogens (tertiary/aromatic N) is 2. The smallest absolute Gasteiger partial charge is 0.190 e. The average Bonchev–Trinajstić information content (AvgIpc) is 2.95. The van der Waals surface area contributed by atoms with Crippen LogP contribution in [-0.2, 0) is 11.3 Å². The molecule has 0 amide bonds. The van der Waals surface area contributed by atoms with Gasteiger partial charge in [0.05, 0.1) is 12.3 Å². The minimum absolute atomic E-state index is 0.724. The lowest BCUT2D eigenvalue weighted by Gasteiger charge is -2.21. The number of aromatic nitrogens is 1. The van der Waals surface area contributed by atoms with Crippen LogP contribution in [0.1, 0.15) is 18.2 Å². The molecule has 2 rings (SSSR count). The van der Waals surface area contributed by atoms with E-state index >= 15 is 0 Å². The quantitative estimate of drug-likeness (QED) is 0.759. The number of hydrogen-bond acceptors (Lipinski definition) is 5. The normalized spacial score (nSPS) is 10.8. The van der Waals surface area contributed by atoms with Crippen LogP contribution >= 0.6 is 11.3 Å². The fraction of sp³-hybridized carbons (Fsp3) is 0.438. The lowest BCUT2D eigenvalue weighted by atomic mass is 10.2. The first-order chi connectivity index (χ1) is 10.3. The van der Waals surface area contributed by atoms with Gasteiger partial charge in [-0.1, -0.05) is 18.2 Å². The fourth-order valence-corrected chi connectivity index (χ4v) is 3.07. The van der Waals surface area contributed by atoms with Crippen molar-refractivity contribution in [2.45, 2.75) is 20.4 Å². The summed E-state index contributed by atoms with van der Waals surface area (Å²) in [6, 6.07) is 8.43. The zero-order valence-corrected chi connectivity index (χ0v) is 13.7. The van der Waals surface area contributed by atoms with Crippen molar-refractivity contribution in [2.24, 2.45) is 0 Å². The highest BCUT2D eigenvalue weighted by atomic mass is 32.1. The molecule has 4 nitrogen and oxygen atoms in total. The van der Waals surface area contributed by atoms with Crippen LogP contribution < -0.4 is 10.2 Å². The molecule has 0 radical (unpaired) electrons. The van der Waals surface area contributed by atoms with E-state index in [1.54, 1.807) is 18.4 Å². The van der Waals surface area contributed by atoms with Crippen LogP contribution in [0.4, 0.5) is 10.8 Å². The monoisotopic (exact) mass is 305 g/mol. The molecule has 1 heterocycles. The Labute approximate surface area is 130 Å². The second kappa shape index (κ2) is 8.12. The van der Waals surface area contributed by atoms with Gasteiger partial charge in [-0.25, -0.2) is 4.98 Å². The first kappa shape index (κ1) is 15.9. The van der Waals surface area contributed by atoms with E-state index in [1.165, 1.54) is 11.3 Å². The number of methoxy groups -OCH3 is 1. The molecule has 0 aliphatic rings. The maximum absolute atomic E-state index is 5.02. The summed E-state index contributed by atoms with van der Waals surface area (Å²) in [6.07, 6.45) is 0. The topological polar surface area (TPSA) is 37.4 Å². The largest absolute Gasteiger partial charge is 0.383 e. The van der Waals surface area contributed by atoms with Gasteiger partial charge in [-0.05, 0) is 25.5 Å². The van der Waals surface area contributed by atoms with Gasteiger partial charge in [0.15, 0.2) is 5.13 Å². The number of rotatable bonds is 8. The summed E-state index contributed by atoms with van der Waals surface area (Å²) in [5, 5.41) is 6.50. The molecule has 0 unspecified atom stereocenters. The van der Waals surface area contributed by atoms with Gasteiger partial charge in [-0.15, -0.1) is 11.3 Å². The van der Waals surface area contributed by atoms with Crippen molar-refractivity contribution in [3.63, 3.8) is 0 Å². The molecule has 0 saturated carbocycles. The van der Waals surface area contributed by atoms with Crippen molar-refractivity contribution < 1.29 is 4.74 Å². The lowest BCUT2D eigenvalue weighted by molar-refractivity contribution is 0.199. The van der Waals surface area contributed by atoms with Crippen molar-refractivity contribution >= 4 is 22.2 Å². The van der Waals surface area contributed by atoms with Gasteiger partial charge in [0.2, 0.25) is 0 Å². The molecule has 0 atom stereocenters. The number of thiazole rings is 1. The third-order valence-corrected chi connectivity index (χ3v) is 4.19. The Kier molecular flexibility index (Phi) is 6.17. The van der Waals surface area contributed by atoms with E-state index in [1.807, 2.05) is 0 Å². The third-order valence-electron chi connectivity index (χ3n) is 3.28. The molecule has 1 aromatic heterocycles. The van der Waals surface area contributed by atoms with Gasteiger partial charge >= 0.3 is 0 Å². The highest BCUT2D eigenvalue weighted by Gasteiger charge is 2.13. The molecule has 0 aliphatic heterocycles. The molecule has 114 valence electrons. The van der Waals surface area contributed by atoms with E-state index in [-0.39, 0.29) is 0 Å². The molecule has 0 bridgehead atoms. The van der Waals surface area contributed by atoms with Crippen molar-refractivity contribution in [2.75, 3.05) is 31.7 Å². The standard InChI is InChI=1S/C16H23N3OS/c1-4-19(15-8-6-5-7-13(15)2)16-18-14(12-21-16)11-17-9-10-20-3/h5-8,12,17H,4,9-11H2,1-3H3. The molecule has 0 fully saturated rings. The molecule has 0 saturated heterocycles. The molecule has 0 spiro atoms. The second-order valence-corrected chi connectivity index (χ2v) is 5.66. The zero-order chi connectivity index (χ0) is 15.1. The number of para-hydroxylation sites is 1. The van der Waals surface area contributed by atoms with Crippen LogP contribution in [-0.4, -0.2) is 31.8 Å². The number of nitrogens with one attached hydrogen (secondary N) is 1. The first-order valence-corrected chi connectivity index (χ1v) is 8.11. The van der Waals surface area contributed by atoms with Crippen LogP contribution in [0.3, 0.4) is 0 Å². The summed E-state index contributed by atoms with van der Waals surface area (Å²) in [7, 11) is 1.71. The average molecular weight is 305 g/mol. The van der Waals surface area contributed by atoms with E-state index in [0.717, 1.165) is 37.1 Å². The summed E-state index contributed by atoms with van der Waals surface area (Å²) in [5.74, 6) is 0. The van der Waals surface area contributed by atoms with Crippen LogP contribution in [0.25, 0.3) is 0 Å². The van der Waals surface area contributed by atoms with E-state index in [2.05, 4.69) is 53.7 Å². The Morgan fingerprint density at radius 1 is 1.33 bits per heavy atom. The van der Waals surface area contributed by atoms with Crippen molar-refractivity contribution in [1.29, 1.82) is 0 Å². The fourth-order valence-electron chi connectivity index (χ4n) is 2.17. The summed E-state index contributed by atoms with van der Waals surface area (Å²) >= 11 is 1.69. The van der Waals surface area contributed by atoms with E-state index in [4.69, 9.17) is 9.72 Å². The predicted octanol–water partition coefficient (Wildman–Crippen LogP) is 3.35. The highest BCUT2D eigenvalue weighted by Crippen LogP contribution is 2.30. The lowest BCUT2D eigenvalue weighted by Crippen LogP contribution is -2.19. The molecule has 0 aliphatic carbocycles. The van der Waals surface area contributed by atoms with Crippen LogP contribution in [0, 0.1) is 6.92 Å². The Balaban J connectivity index is 2.06. The van der Waals surface area contributed by atoms with Crippen molar-refractivity contribution in [3.8, 4) is 0 Å². The maximum Gasteiger partial charge on any atom is 0.190 e. The van der Waals surface area contributed by atoms with Gasteiger partial charge < -0.3 is 15.0 Å². The summed E-state index contributed by atoms with van der Waals surface area (Å²) in [4.78, 5) is 7.00.